The summed E-state index contributed by atoms with van der Waals surface area (Å²) >= 11 is 0. The molecular formula is C12H11F3N2O2. The number of rotatable bonds is 2. The quantitative estimate of drug-likeness (QED) is 0.830. The van der Waals surface area contributed by atoms with Gasteiger partial charge in [-0.15, -0.1) is 0 Å². The molecule has 0 aromatic heterocycles. The number of hydrogen-bond acceptors (Lipinski definition) is 2. The van der Waals surface area contributed by atoms with Gasteiger partial charge in [0.1, 0.15) is 0 Å². The Balaban J connectivity index is 2.01. The van der Waals surface area contributed by atoms with Crippen molar-refractivity contribution in [2.75, 3.05) is 18.4 Å². The van der Waals surface area contributed by atoms with E-state index in [1.54, 1.807) is 0 Å². The van der Waals surface area contributed by atoms with E-state index in [0.717, 1.165) is 12.1 Å². The smallest absolute Gasteiger partial charge is 0.231 e. The lowest BCUT2D eigenvalue weighted by atomic mass is 9.99. The fourth-order valence-corrected chi connectivity index (χ4v) is 1.76. The van der Waals surface area contributed by atoms with Crippen molar-refractivity contribution in [3.05, 3.63) is 29.6 Å². The van der Waals surface area contributed by atoms with Gasteiger partial charge in [-0.05, 0) is 12.1 Å². The van der Waals surface area contributed by atoms with Gasteiger partial charge in [0.25, 0.3) is 0 Å². The van der Waals surface area contributed by atoms with Gasteiger partial charge in [-0.2, -0.15) is 0 Å². The first-order valence-electron chi connectivity index (χ1n) is 5.60. The van der Waals surface area contributed by atoms with Crippen LogP contribution in [0.2, 0.25) is 0 Å². The SMILES string of the molecule is CC(=O)N1CC(C(=O)Nc2ccc(F)c(F)c2F)C1. The molecule has 1 aromatic rings. The summed E-state index contributed by atoms with van der Waals surface area (Å²) < 4.78 is 39.0. The second-order valence-corrected chi connectivity index (χ2v) is 4.33. The topological polar surface area (TPSA) is 49.4 Å². The highest BCUT2D eigenvalue weighted by atomic mass is 19.2. The van der Waals surface area contributed by atoms with Crippen LogP contribution in [0.1, 0.15) is 6.92 Å². The highest BCUT2D eigenvalue weighted by molar-refractivity contribution is 5.94. The third-order valence-corrected chi connectivity index (χ3v) is 2.99. The summed E-state index contributed by atoms with van der Waals surface area (Å²) in [7, 11) is 0. The molecule has 4 nitrogen and oxygen atoms in total. The van der Waals surface area contributed by atoms with Crippen LogP contribution in [0, 0.1) is 23.4 Å². The van der Waals surface area contributed by atoms with E-state index in [1.807, 2.05) is 0 Å². The summed E-state index contributed by atoms with van der Waals surface area (Å²) in [6.07, 6.45) is 0. The second kappa shape index (κ2) is 4.91. The van der Waals surface area contributed by atoms with Gasteiger partial charge >= 0.3 is 0 Å². The van der Waals surface area contributed by atoms with E-state index in [9.17, 15) is 22.8 Å². The number of carbonyl (C=O) groups excluding carboxylic acids is 2. The number of nitrogens with one attached hydrogen (secondary N) is 1. The Morgan fingerprint density at radius 3 is 2.42 bits per heavy atom. The van der Waals surface area contributed by atoms with Crippen LogP contribution in [-0.2, 0) is 9.59 Å². The minimum absolute atomic E-state index is 0.150. The normalized spacial score (nSPS) is 15.1. The molecule has 0 atom stereocenters. The lowest BCUT2D eigenvalue weighted by Gasteiger charge is -2.37. The maximum Gasteiger partial charge on any atom is 0.231 e. The number of nitrogens with zero attached hydrogens (tertiary/aromatic N) is 1. The van der Waals surface area contributed by atoms with E-state index in [1.165, 1.54) is 11.8 Å². The van der Waals surface area contributed by atoms with E-state index in [-0.39, 0.29) is 19.0 Å². The summed E-state index contributed by atoms with van der Waals surface area (Å²) in [5.74, 6) is -5.52. The average molecular weight is 272 g/mol. The largest absolute Gasteiger partial charge is 0.341 e. The molecule has 7 heteroatoms. The van der Waals surface area contributed by atoms with Crippen LogP contribution in [0.25, 0.3) is 0 Å². The molecule has 1 fully saturated rings. The van der Waals surface area contributed by atoms with Crippen LogP contribution < -0.4 is 5.32 Å². The van der Waals surface area contributed by atoms with Crippen molar-refractivity contribution in [3.63, 3.8) is 0 Å². The highest BCUT2D eigenvalue weighted by Gasteiger charge is 2.34. The standard InChI is InChI=1S/C12H11F3N2O2/c1-6(18)17-4-7(5-17)12(19)16-9-3-2-8(13)10(14)11(9)15/h2-3,7H,4-5H2,1H3,(H,16,19). The van der Waals surface area contributed by atoms with E-state index in [4.69, 9.17) is 0 Å². The number of hydrogen-bond donors (Lipinski definition) is 1. The lowest BCUT2D eigenvalue weighted by molar-refractivity contribution is -0.139. The molecule has 1 N–H and O–H groups in total. The van der Waals surface area contributed by atoms with Gasteiger partial charge in [-0.3, -0.25) is 9.59 Å². The molecular weight excluding hydrogens is 261 g/mol. The van der Waals surface area contributed by atoms with Crippen LogP contribution in [0.3, 0.4) is 0 Å². The zero-order valence-electron chi connectivity index (χ0n) is 10.0. The Morgan fingerprint density at radius 2 is 1.84 bits per heavy atom. The predicted molar refractivity (Wildman–Crippen MR) is 60.7 cm³/mol. The van der Waals surface area contributed by atoms with Crippen LogP contribution in [0.5, 0.6) is 0 Å². The predicted octanol–water partition coefficient (Wildman–Crippen LogP) is 1.52. The van der Waals surface area contributed by atoms with Gasteiger partial charge in [-0.25, -0.2) is 13.2 Å². The van der Waals surface area contributed by atoms with Crippen molar-refractivity contribution in [2.24, 2.45) is 5.92 Å². The maximum atomic E-state index is 13.3. The van der Waals surface area contributed by atoms with Crippen molar-refractivity contribution in [1.29, 1.82) is 0 Å². The number of halogens is 3. The molecule has 1 aliphatic rings. The first-order chi connectivity index (χ1) is 8.90. The fourth-order valence-electron chi connectivity index (χ4n) is 1.76. The van der Waals surface area contributed by atoms with Crippen molar-refractivity contribution in [2.45, 2.75) is 6.92 Å². The lowest BCUT2D eigenvalue weighted by Crippen LogP contribution is -2.53. The number of likely N-dealkylation sites (tertiary alicyclic amines) is 1. The molecule has 1 heterocycles. The minimum atomic E-state index is -1.63. The summed E-state index contributed by atoms with van der Waals surface area (Å²) in [5, 5.41) is 2.18. The second-order valence-electron chi connectivity index (χ2n) is 4.33. The van der Waals surface area contributed by atoms with E-state index >= 15 is 0 Å². The zero-order chi connectivity index (χ0) is 14.2. The number of amides is 2. The van der Waals surface area contributed by atoms with Gasteiger partial charge < -0.3 is 10.2 Å². The zero-order valence-corrected chi connectivity index (χ0v) is 10.0. The molecule has 102 valence electrons. The summed E-state index contributed by atoms with van der Waals surface area (Å²) in [4.78, 5) is 24.1. The van der Waals surface area contributed by atoms with E-state index in [2.05, 4.69) is 5.32 Å². The van der Waals surface area contributed by atoms with Crippen LogP contribution >= 0.6 is 0 Å². The van der Waals surface area contributed by atoms with Crippen molar-refractivity contribution >= 4 is 17.5 Å². The summed E-state index contributed by atoms with van der Waals surface area (Å²) in [6.45, 7) is 1.86. The highest BCUT2D eigenvalue weighted by Crippen LogP contribution is 2.22. The number of benzene rings is 1. The van der Waals surface area contributed by atoms with Crippen molar-refractivity contribution < 1.29 is 22.8 Å². The molecule has 0 spiro atoms. The molecule has 2 amide bonds. The Kier molecular flexibility index (Phi) is 3.46. The Hall–Kier alpha value is -2.05. The first kappa shape index (κ1) is 13.4. The third-order valence-electron chi connectivity index (χ3n) is 2.99. The minimum Gasteiger partial charge on any atom is -0.341 e. The average Bonchev–Trinajstić information content (AvgIpc) is 2.27. The van der Waals surface area contributed by atoms with Gasteiger partial charge in [0, 0.05) is 20.0 Å². The first-order valence-corrected chi connectivity index (χ1v) is 5.60. The Bertz CT molecular complexity index is 542. The molecule has 0 aliphatic carbocycles. The van der Waals surface area contributed by atoms with Gasteiger partial charge in [-0.1, -0.05) is 0 Å². The molecule has 0 saturated carbocycles. The van der Waals surface area contributed by atoms with Crippen molar-refractivity contribution in [1.82, 2.24) is 4.90 Å². The number of anilines is 1. The number of carbonyl (C=O) groups is 2. The van der Waals surface area contributed by atoms with Crippen LogP contribution in [-0.4, -0.2) is 29.8 Å². The van der Waals surface area contributed by atoms with Gasteiger partial charge in [0.15, 0.2) is 17.5 Å². The van der Waals surface area contributed by atoms with Gasteiger partial charge in [0.2, 0.25) is 11.8 Å². The van der Waals surface area contributed by atoms with Gasteiger partial charge in [0.05, 0.1) is 11.6 Å². The van der Waals surface area contributed by atoms with Crippen molar-refractivity contribution in [3.8, 4) is 0 Å². The molecule has 1 aliphatic heterocycles. The van der Waals surface area contributed by atoms with E-state index < -0.39 is 35.0 Å². The fraction of sp³-hybridized carbons (Fsp3) is 0.333. The molecule has 0 radical (unpaired) electrons. The molecule has 1 aromatic carbocycles. The molecule has 19 heavy (non-hydrogen) atoms. The Morgan fingerprint density at radius 1 is 1.21 bits per heavy atom. The summed E-state index contributed by atoms with van der Waals surface area (Å²) in [6, 6.07) is 1.68. The molecule has 0 unspecified atom stereocenters. The monoisotopic (exact) mass is 272 g/mol. The van der Waals surface area contributed by atoms with Crippen LogP contribution in [0.4, 0.5) is 18.9 Å². The van der Waals surface area contributed by atoms with E-state index in [0.29, 0.717) is 0 Å². The summed E-state index contributed by atoms with van der Waals surface area (Å²) in [5.41, 5.74) is -0.412. The molecule has 0 bridgehead atoms. The Labute approximate surface area is 107 Å². The maximum absolute atomic E-state index is 13.3. The van der Waals surface area contributed by atoms with Crippen LogP contribution in [0.15, 0.2) is 12.1 Å². The molecule has 2 rings (SSSR count). The molecule has 1 saturated heterocycles. The third kappa shape index (κ3) is 2.54.